The summed E-state index contributed by atoms with van der Waals surface area (Å²) in [5.41, 5.74) is 7.68. The van der Waals surface area contributed by atoms with Gasteiger partial charge in [0.05, 0.1) is 24.5 Å². The van der Waals surface area contributed by atoms with Crippen LogP contribution in [0.25, 0.3) is 0 Å². The first-order valence-corrected chi connectivity index (χ1v) is 10.3. The number of aliphatic hydroxyl groups excluding tert-OH is 1. The lowest BCUT2D eigenvalue weighted by Crippen LogP contribution is -2.41. The van der Waals surface area contributed by atoms with Crippen molar-refractivity contribution < 1.29 is 19.1 Å². The SMILES string of the molecule is N=C(N)c1ccc([C@H]2[C@H]3C(=O)N(Cc4ccc(F)cc4)C(=O)[C@H]3[C@H]3[C@@H](O)CCN32)cc1. The second kappa shape index (κ2) is 7.25. The molecule has 0 aliphatic carbocycles. The number of nitrogens with two attached hydrogens (primary N) is 1. The first kappa shape index (κ1) is 19.8. The van der Waals surface area contributed by atoms with Crippen molar-refractivity contribution in [2.75, 3.05) is 6.54 Å². The van der Waals surface area contributed by atoms with Crippen molar-refractivity contribution in [3.05, 3.63) is 71.0 Å². The maximum atomic E-state index is 13.4. The molecular weight excluding hydrogens is 399 g/mol. The van der Waals surface area contributed by atoms with E-state index in [1.54, 1.807) is 24.3 Å². The number of rotatable bonds is 4. The van der Waals surface area contributed by atoms with E-state index in [2.05, 4.69) is 4.90 Å². The highest BCUT2D eigenvalue weighted by molar-refractivity contribution is 6.06. The largest absolute Gasteiger partial charge is 0.391 e. The minimum atomic E-state index is -0.670. The Kier molecular flexibility index (Phi) is 4.64. The number of halogens is 1. The summed E-state index contributed by atoms with van der Waals surface area (Å²) in [5, 5.41) is 18.2. The van der Waals surface area contributed by atoms with Crippen molar-refractivity contribution in [3.8, 4) is 0 Å². The standard InChI is InChI=1S/C23H23FN4O3/c24-15-7-1-12(2-8-15)11-28-22(30)17-18(23(28)31)20-16(29)9-10-27(20)19(17)13-3-5-14(6-4-13)21(25)26/h1-8,16-20,29H,9-11H2,(H3,25,26)/t16-,17-,18+,19-,20+/m0/s1. The second-order valence-corrected chi connectivity index (χ2v) is 8.51. The maximum Gasteiger partial charge on any atom is 0.235 e. The Bertz CT molecular complexity index is 1060. The van der Waals surface area contributed by atoms with Gasteiger partial charge in [0.15, 0.2) is 0 Å². The van der Waals surface area contributed by atoms with Crippen molar-refractivity contribution >= 4 is 17.6 Å². The lowest BCUT2D eigenvalue weighted by molar-refractivity contribution is -0.142. The number of amidine groups is 1. The molecule has 3 aliphatic rings. The molecule has 0 spiro atoms. The molecule has 0 aromatic heterocycles. The monoisotopic (exact) mass is 422 g/mol. The summed E-state index contributed by atoms with van der Waals surface area (Å²) < 4.78 is 13.2. The number of nitrogens with zero attached hydrogens (tertiary/aromatic N) is 2. The lowest BCUT2D eigenvalue weighted by Gasteiger charge is -2.29. The van der Waals surface area contributed by atoms with Crippen LogP contribution >= 0.6 is 0 Å². The van der Waals surface area contributed by atoms with E-state index in [0.29, 0.717) is 24.1 Å². The fourth-order valence-corrected chi connectivity index (χ4v) is 5.45. The van der Waals surface area contributed by atoms with Gasteiger partial charge in [0.1, 0.15) is 11.7 Å². The lowest BCUT2D eigenvalue weighted by atomic mass is 9.84. The highest BCUT2D eigenvalue weighted by atomic mass is 19.1. The number of nitrogen functional groups attached to an aromatic ring is 1. The Labute approximate surface area is 178 Å². The fourth-order valence-electron chi connectivity index (χ4n) is 5.45. The summed E-state index contributed by atoms with van der Waals surface area (Å²) in [6.45, 7) is 0.695. The van der Waals surface area contributed by atoms with Crippen LogP contribution in [0.5, 0.6) is 0 Å². The third kappa shape index (κ3) is 3.05. The molecule has 2 aromatic carbocycles. The molecule has 3 fully saturated rings. The fraction of sp³-hybridized carbons (Fsp3) is 0.348. The predicted molar refractivity (Wildman–Crippen MR) is 110 cm³/mol. The Hall–Kier alpha value is -3.10. The zero-order valence-corrected chi connectivity index (χ0v) is 16.7. The average molecular weight is 422 g/mol. The predicted octanol–water partition coefficient (Wildman–Crippen LogP) is 1.40. The Balaban J connectivity index is 1.50. The number of carbonyl (C=O) groups excluding carboxylic acids is 2. The van der Waals surface area contributed by atoms with E-state index >= 15 is 0 Å². The van der Waals surface area contributed by atoms with Crippen LogP contribution < -0.4 is 5.73 Å². The van der Waals surface area contributed by atoms with Crippen LogP contribution in [0, 0.1) is 23.1 Å². The normalized spacial score (nSPS) is 30.0. The van der Waals surface area contributed by atoms with Gasteiger partial charge < -0.3 is 10.8 Å². The first-order valence-electron chi connectivity index (χ1n) is 10.3. The van der Waals surface area contributed by atoms with Crippen LogP contribution in [0.4, 0.5) is 4.39 Å². The number of imide groups is 1. The summed E-state index contributed by atoms with van der Waals surface area (Å²) in [4.78, 5) is 30.1. The average Bonchev–Trinajstić information content (AvgIpc) is 3.36. The quantitative estimate of drug-likeness (QED) is 0.392. The molecule has 2 amide bonds. The topological polar surface area (TPSA) is 111 Å². The highest BCUT2D eigenvalue weighted by Gasteiger charge is 2.65. The van der Waals surface area contributed by atoms with Crippen LogP contribution in [0.2, 0.25) is 0 Å². The van der Waals surface area contributed by atoms with E-state index in [-0.39, 0.29) is 36.1 Å². The molecule has 0 saturated carbocycles. The third-order valence-corrected chi connectivity index (χ3v) is 6.83. The number of hydrogen-bond donors (Lipinski definition) is 3. The molecule has 160 valence electrons. The van der Waals surface area contributed by atoms with E-state index in [1.807, 2.05) is 12.1 Å². The van der Waals surface area contributed by atoms with E-state index < -0.39 is 24.0 Å². The molecule has 7 nitrogen and oxygen atoms in total. The summed E-state index contributed by atoms with van der Waals surface area (Å²) in [5.74, 6) is -2.15. The molecule has 5 atom stereocenters. The van der Waals surface area contributed by atoms with Crippen molar-refractivity contribution in [2.24, 2.45) is 17.6 Å². The summed E-state index contributed by atoms with van der Waals surface area (Å²) in [6.07, 6.45) is -0.119. The summed E-state index contributed by atoms with van der Waals surface area (Å²) >= 11 is 0. The van der Waals surface area contributed by atoms with Crippen molar-refractivity contribution in [1.29, 1.82) is 5.41 Å². The van der Waals surface area contributed by atoms with Crippen LogP contribution in [0.3, 0.4) is 0 Å². The zero-order valence-electron chi connectivity index (χ0n) is 16.7. The molecule has 0 unspecified atom stereocenters. The molecule has 8 heteroatoms. The highest BCUT2D eigenvalue weighted by Crippen LogP contribution is 2.53. The second-order valence-electron chi connectivity index (χ2n) is 8.51. The maximum absolute atomic E-state index is 13.4. The van der Waals surface area contributed by atoms with Crippen molar-refractivity contribution in [2.45, 2.75) is 31.2 Å². The van der Waals surface area contributed by atoms with Crippen LogP contribution in [-0.2, 0) is 16.1 Å². The number of fused-ring (bicyclic) bond motifs is 3. The molecule has 4 N–H and O–H groups in total. The number of benzene rings is 2. The Morgan fingerprint density at radius 1 is 1.06 bits per heavy atom. The Morgan fingerprint density at radius 3 is 2.35 bits per heavy atom. The van der Waals surface area contributed by atoms with Crippen molar-refractivity contribution in [1.82, 2.24) is 9.80 Å². The van der Waals surface area contributed by atoms with Gasteiger partial charge in [-0.3, -0.25) is 24.8 Å². The Morgan fingerprint density at radius 2 is 1.71 bits per heavy atom. The molecule has 5 rings (SSSR count). The molecule has 3 saturated heterocycles. The smallest absolute Gasteiger partial charge is 0.235 e. The molecule has 31 heavy (non-hydrogen) atoms. The van der Waals surface area contributed by atoms with E-state index in [0.717, 1.165) is 5.56 Å². The molecule has 0 bridgehead atoms. The number of likely N-dealkylation sites (tertiary alicyclic amines) is 1. The molecule has 3 aliphatic heterocycles. The van der Waals surface area contributed by atoms with E-state index in [9.17, 15) is 19.1 Å². The number of hydrogen-bond acceptors (Lipinski definition) is 5. The number of aliphatic hydroxyl groups is 1. The minimum Gasteiger partial charge on any atom is -0.391 e. The van der Waals surface area contributed by atoms with E-state index in [4.69, 9.17) is 11.1 Å². The van der Waals surface area contributed by atoms with Gasteiger partial charge in [-0.1, -0.05) is 36.4 Å². The van der Waals surface area contributed by atoms with Gasteiger partial charge >= 0.3 is 0 Å². The molecule has 3 heterocycles. The van der Waals surface area contributed by atoms with Gasteiger partial charge in [-0.2, -0.15) is 0 Å². The number of carbonyl (C=O) groups is 2. The summed E-state index contributed by atoms with van der Waals surface area (Å²) in [6, 6.07) is 12.2. The van der Waals surface area contributed by atoms with Gasteiger partial charge in [-0.05, 0) is 29.7 Å². The molecular formula is C23H23FN4O3. The van der Waals surface area contributed by atoms with Crippen molar-refractivity contribution in [3.63, 3.8) is 0 Å². The number of nitrogens with one attached hydrogen (secondary N) is 1. The van der Waals surface area contributed by atoms with Crippen LogP contribution in [0.1, 0.15) is 29.2 Å². The molecule has 2 aromatic rings. The van der Waals surface area contributed by atoms with Gasteiger partial charge in [0.25, 0.3) is 0 Å². The van der Waals surface area contributed by atoms with Gasteiger partial charge in [0, 0.05) is 24.2 Å². The van der Waals surface area contributed by atoms with Gasteiger partial charge in [-0.25, -0.2) is 4.39 Å². The van der Waals surface area contributed by atoms with Gasteiger partial charge in [0.2, 0.25) is 11.8 Å². The van der Waals surface area contributed by atoms with E-state index in [1.165, 1.54) is 17.0 Å². The van der Waals surface area contributed by atoms with Gasteiger partial charge in [-0.15, -0.1) is 0 Å². The van der Waals surface area contributed by atoms with Crippen LogP contribution in [0.15, 0.2) is 48.5 Å². The van der Waals surface area contributed by atoms with Crippen LogP contribution in [-0.4, -0.2) is 51.2 Å². The third-order valence-electron chi connectivity index (χ3n) is 6.83. The number of amides is 2. The zero-order chi connectivity index (χ0) is 21.9. The minimum absolute atomic E-state index is 0.0390. The first-order chi connectivity index (χ1) is 14.9. The summed E-state index contributed by atoms with van der Waals surface area (Å²) in [7, 11) is 0. The molecule has 0 radical (unpaired) electrons.